The van der Waals surface area contributed by atoms with Gasteiger partial charge in [0.25, 0.3) is 0 Å². The minimum Gasteiger partial charge on any atom is -0.355 e. The number of carbonyl (C=O) groups is 1. The molecule has 0 heterocycles. The van der Waals surface area contributed by atoms with Gasteiger partial charge in [-0.1, -0.05) is 0 Å². The van der Waals surface area contributed by atoms with Gasteiger partial charge in [0.05, 0.1) is 0 Å². The molecule has 3 N–H and O–H groups in total. The molecule has 0 aliphatic rings. The number of thioether (sulfide) groups is 1. The van der Waals surface area contributed by atoms with Crippen LogP contribution in [-0.4, -0.2) is 30.3 Å². The molecule has 0 bridgehead atoms. The van der Waals surface area contributed by atoms with Crippen molar-refractivity contribution >= 4 is 17.7 Å². The van der Waals surface area contributed by atoms with Crippen LogP contribution >= 0.6 is 11.8 Å². The Kier molecular flexibility index (Phi) is 5.89. The Morgan fingerprint density at radius 1 is 1.46 bits per heavy atom. The highest BCUT2D eigenvalue weighted by Gasteiger charge is 2.27. The number of nitrogens with two attached hydrogens (primary N) is 1. The third-order valence-electron chi connectivity index (χ3n) is 1.06. The highest BCUT2D eigenvalue weighted by atomic mass is 32.2. The summed E-state index contributed by atoms with van der Waals surface area (Å²) in [6.07, 6.45) is 0.149. The Bertz CT molecular complexity index is 162. The third-order valence-corrected chi connectivity index (χ3v) is 1.80. The summed E-state index contributed by atoms with van der Waals surface area (Å²) in [7, 11) is 0. The topological polar surface area (TPSA) is 55.1 Å². The van der Waals surface area contributed by atoms with E-state index in [0.29, 0.717) is 0 Å². The zero-order valence-electron chi connectivity index (χ0n) is 6.86. The van der Waals surface area contributed by atoms with E-state index in [1.165, 1.54) is 0 Å². The number of alkyl halides is 3. The van der Waals surface area contributed by atoms with Crippen LogP contribution in [0.3, 0.4) is 0 Å². The average Bonchev–Trinajstić information content (AvgIpc) is 1.97. The lowest BCUT2D eigenvalue weighted by Gasteiger charge is -2.06. The molecule has 0 aliphatic heterocycles. The van der Waals surface area contributed by atoms with Crippen molar-refractivity contribution in [2.45, 2.75) is 11.9 Å². The van der Waals surface area contributed by atoms with Crippen molar-refractivity contribution in [1.29, 1.82) is 0 Å². The van der Waals surface area contributed by atoms with Crippen molar-refractivity contribution in [2.24, 2.45) is 5.73 Å². The van der Waals surface area contributed by atoms with Crippen LogP contribution in [0.1, 0.15) is 6.42 Å². The van der Waals surface area contributed by atoms with Crippen LogP contribution in [0, 0.1) is 0 Å². The average molecular weight is 216 g/mol. The van der Waals surface area contributed by atoms with Crippen LogP contribution in [-0.2, 0) is 4.79 Å². The first-order valence-corrected chi connectivity index (χ1v) is 4.61. The summed E-state index contributed by atoms with van der Waals surface area (Å²) < 4.78 is 34.7. The van der Waals surface area contributed by atoms with Crippen molar-refractivity contribution in [3.05, 3.63) is 0 Å². The molecule has 0 aliphatic carbocycles. The van der Waals surface area contributed by atoms with Gasteiger partial charge in [0, 0.05) is 25.3 Å². The summed E-state index contributed by atoms with van der Waals surface area (Å²) >= 11 is -0.152. The Labute approximate surface area is 78.2 Å². The lowest BCUT2D eigenvalue weighted by Crippen LogP contribution is -2.28. The van der Waals surface area contributed by atoms with Crippen molar-refractivity contribution in [2.75, 3.05) is 18.8 Å². The summed E-state index contributed by atoms with van der Waals surface area (Å²) in [5.74, 6) is -0.481. The third kappa shape index (κ3) is 9.48. The molecule has 0 aromatic heterocycles. The first kappa shape index (κ1) is 12.6. The number of rotatable bonds is 5. The minimum absolute atomic E-state index is 0.0169. The molecule has 0 saturated heterocycles. The van der Waals surface area contributed by atoms with Gasteiger partial charge in [0.2, 0.25) is 5.91 Å². The molecule has 7 heteroatoms. The highest BCUT2D eigenvalue weighted by molar-refractivity contribution is 8.00. The summed E-state index contributed by atoms with van der Waals surface area (Å²) in [6.45, 7) is 0.223. The van der Waals surface area contributed by atoms with Gasteiger partial charge in [0.1, 0.15) is 0 Å². The molecule has 0 rings (SSSR count). The smallest absolute Gasteiger partial charge is 0.355 e. The van der Waals surface area contributed by atoms with Gasteiger partial charge in [-0.15, -0.1) is 0 Å². The maximum Gasteiger partial charge on any atom is 0.441 e. The van der Waals surface area contributed by atoms with E-state index < -0.39 is 5.51 Å². The summed E-state index contributed by atoms with van der Waals surface area (Å²) in [6, 6.07) is 0. The first-order chi connectivity index (χ1) is 5.95. The Hall–Kier alpha value is -0.430. The van der Waals surface area contributed by atoms with Crippen LogP contribution < -0.4 is 11.1 Å². The molecule has 0 unspecified atom stereocenters. The second-order valence-corrected chi connectivity index (χ2v) is 3.34. The fourth-order valence-electron chi connectivity index (χ4n) is 0.577. The van der Waals surface area contributed by atoms with Gasteiger partial charge < -0.3 is 11.1 Å². The van der Waals surface area contributed by atoms with Crippen LogP contribution in [0.25, 0.3) is 0 Å². The zero-order valence-corrected chi connectivity index (χ0v) is 7.67. The van der Waals surface area contributed by atoms with Crippen molar-refractivity contribution in [3.8, 4) is 0 Å². The fraction of sp³-hybridized carbons (Fsp3) is 0.833. The maximum atomic E-state index is 11.6. The van der Waals surface area contributed by atoms with Crippen LogP contribution in [0.2, 0.25) is 0 Å². The normalized spacial score (nSPS) is 11.4. The summed E-state index contributed by atoms with van der Waals surface area (Å²) in [5, 5.41) is 2.32. The number of hydrogen-bond donors (Lipinski definition) is 2. The van der Waals surface area contributed by atoms with Gasteiger partial charge in [-0.2, -0.15) is 13.2 Å². The molecule has 0 spiro atoms. The summed E-state index contributed by atoms with van der Waals surface area (Å²) in [5.41, 5.74) is 0.833. The minimum atomic E-state index is -4.22. The predicted octanol–water partition coefficient (Wildman–Crippen LogP) is 0.704. The van der Waals surface area contributed by atoms with Crippen LogP contribution in [0.5, 0.6) is 0 Å². The van der Waals surface area contributed by atoms with E-state index in [1.54, 1.807) is 0 Å². The second-order valence-electron chi connectivity index (χ2n) is 2.18. The predicted molar refractivity (Wildman–Crippen MR) is 45.2 cm³/mol. The fourth-order valence-corrected chi connectivity index (χ4v) is 1.01. The molecule has 3 nitrogen and oxygen atoms in total. The number of nitrogens with one attached hydrogen (secondary N) is 1. The van der Waals surface area contributed by atoms with E-state index in [0.717, 1.165) is 0 Å². The van der Waals surface area contributed by atoms with Crippen molar-refractivity contribution in [1.82, 2.24) is 5.32 Å². The molecule has 0 saturated carbocycles. The Morgan fingerprint density at radius 3 is 2.54 bits per heavy atom. The highest BCUT2D eigenvalue weighted by Crippen LogP contribution is 2.29. The van der Waals surface area contributed by atoms with Crippen LogP contribution in [0.4, 0.5) is 13.2 Å². The van der Waals surface area contributed by atoms with Crippen molar-refractivity contribution in [3.63, 3.8) is 0 Å². The number of amides is 1. The number of hydrogen-bond acceptors (Lipinski definition) is 3. The first-order valence-electron chi connectivity index (χ1n) is 3.63. The van der Waals surface area contributed by atoms with Gasteiger partial charge in [-0.05, 0) is 11.8 Å². The lowest BCUT2D eigenvalue weighted by molar-refractivity contribution is -0.120. The van der Waals surface area contributed by atoms with E-state index in [1.807, 2.05) is 0 Å². The molecule has 0 radical (unpaired) electrons. The monoisotopic (exact) mass is 216 g/mol. The molecule has 1 amide bonds. The van der Waals surface area contributed by atoms with Gasteiger partial charge in [-0.25, -0.2) is 0 Å². The number of halogens is 3. The largest absolute Gasteiger partial charge is 0.441 e. The van der Waals surface area contributed by atoms with Crippen molar-refractivity contribution < 1.29 is 18.0 Å². The van der Waals surface area contributed by atoms with Gasteiger partial charge in [0.15, 0.2) is 0 Å². The van der Waals surface area contributed by atoms with E-state index in [9.17, 15) is 18.0 Å². The maximum absolute atomic E-state index is 11.6. The van der Waals surface area contributed by atoms with Gasteiger partial charge >= 0.3 is 5.51 Å². The standard InChI is InChI=1S/C6H11F3N2OS/c7-6(8,9)13-4-3-11-5(12)1-2-10/h1-4,10H2,(H,11,12). The quantitative estimate of drug-likeness (QED) is 0.665. The van der Waals surface area contributed by atoms with E-state index in [4.69, 9.17) is 5.73 Å². The molecule has 78 valence electrons. The second kappa shape index (κ2) is 6.09. The molecule has 0 aromatic rings. The molecular formula is C6H11F3N2OS. The SMILES string of the molecule is NCCC(=O)NCCSC(F)(F)F. The molecule has 0 atom stereocenters. The summed E-state index contributed by atoms with van der Waals surface area (Å²) in [4.78, 5) is 10.7. The van der Waals surface area contributed by atoms with Crippen LogP contribution in [0.15, 0.2) is 0 Å². The van der Waals surface area contributed by atoms with E-state index in [-0.39, 0.29) is 42.9 Å². The van der Waals surface area contributed by atoms with Gasteiger partial charge in [-0.3, -0.25) is 4.79 Å². The number of carbonyl (C=O) groups excluding carboxylic acids is 1. The lowest BCUT2D eigenvalue weighted by atomic mass is 10.4. The zero-order chi connectivity index (χ0) is 10.3. The molecule has 0 fully saturated rings. The Morgan fingerprint density at radius 2 is 2.08 bits per heavy atom. The molecular weight excluding hydrogens is 205 g/mol. The van der Waals surface area contributed by atoms with E-state index >= 15 is 0 Å². The molecule has 0 aromatic carbocycles. The Balaban J connectivity index is 3.31. The van der Waals surface area contributed by atoms with E-state index in [2.05, 4.69) is 5.32 Å². The molecule has 13 heavy (non-hydrogen) atoms.